The summed E-state index contributed by atoms with van der Waals surface area (Å²) < 4.78 is 3.15. The number of hydrogen-bond donors (Lipinski definition) is 0. The molecule has 0 amide bonds. The Morgan fingerprint density at radius 2 is 1.06 bits per heavy atom. The van der Waals surface area contributed by atoms with E-state index >= 15 is 0 Å². The Balaban J connectivity index is 0.00000259. The molecule has 0 atom stereocenters. The maximum Gasteiger partial charge on any atom is 2.00 e. The maximum atomic E-state index is 5.01. The zero-order valence-electron chi connectivity index (χ0n) is 18.1. The van der Waals surface area contributed by atoms with Gasteiger partial charge in [0.15, 0.2) is 0 Å². The van der Waals surface area contributed by atoms with Gasteiger partial charge in [-0.2, -0.15) is 0 Å². The molecule has 0 saturated heterocycles. The van der Waals surface area contributed by atoms with Gasteiger partial charge in [0.1, 0.15) is 0 Å². The number of aromatic nitrogens is 4. The Morgan fingerprint density at radius 1 is 0.636 bits per heavy atom. The van der Waals surface area contributed by atoms with Gasteiger partial charge < -0.3 is 9.97 Å². The minimum absolute atomic E-state index is 0. The summed E-state index contributed by atoms with van der Waals surface area (Å²) in [4.78, 5) is 19.8. The number of halogens is 3. The number of fused-ring (bicyclic) bond motifs is 8. The van der Waals surface area contributed by atoms with Crippen LogP contribution in [0.1, 0.15) is 54.5 Å². The molecule has 0 aliphatic carbocycles. The predicted octanol–water partition coefficient (Wildman–Crippen LogP) is 7.46. The molecular weight excluding hydrogens is 802 g/mol. The van der Waals surface area contributed by atoms with Gasteiger partial charge in [-0.3, -0.25) is 0 Å². The monoisotopic (exact) mass is 820 g/mol. The fourth-order valence-corrected chi connectivity index (χ4v) is 5.65. The van der Waals surface area contributed by atoms with Crippen LogP contribution >= 0.6 is 67.8 Å². The summed E-state index contributed by atoms with van der Waals surface area (Å²) >= 11 is 7.06. The average molecular weight is 822 g/mol. The van der Waals surface area contributed by atoms with Crippen molar-refractivity contribution < 1.29 is 19.5 Å². The number of aryl methyl sites for hydroxylation is 1. The maximum absolute atomic E-state index is 5.01. The van der Waals surface area contributed by atoms with Crippen LogP contribution < -0.4 is 9.97 Å². The Morgan fingerprint density at radius 3 is 1.52 bits per heavy atom. The molecule has 0 aromatic carbocycles. The smallest absolute Gasteiger partial charge is 0.657 e. The largest absolute Gasteiger partial charge is 2.00 e. The van der Waals surface area contributed by atoms with Crippen LogP contribution in [0, 0.1) is 10.7 Å². The third-order valence-electron chi connectivity index (χ3n) is 5.56. The average Bonchev–Trinajstić information content (AvgIpc) is 3.61. The SMILES string of the molecule is CCCCCc1c2ccc([n-]2)c(I)c2nc(c(I)c3nc(c(I)c4ccc1[n-]4)C=C3)C=C2.[Zn+2]. The van der Waals surface area contributed by atoms with Crippen molar-refractivity contribution >= 4 is 114 Å². The molecule has 8 bridgehead atoms. The second kappa shape index (κ2) is 11.0. The Labute approximate surface area is 246 Å². The van der Waals surface area contributed by atoms with Crippen molar-refractivity contribution in [3.05, 3.63) is 63.3 Å². The number of rotatable bonds is 4. The first-order valence-electron chi connectivity index (χ1n) is 10.6. The van der Waals surface area contributed by atoms with Crippen LogP contribution in [-0.2, 0) is 25.9 Å². The van der Waals surface area contributed by atoms with Crippen LogP contribution in [0.2, 0.25) is 0 Å². The van der Waals surface area contributed by atoms with Crippen molar-refractivity contribution in [1.82, 2.24) is 19.9 Å². The third kappa shape index (κ3) is 5.18. The Hall–Kier alpha value is -0.587. The van der Waals surface area contributed by atoms with E-state index in [0.29, 0.717) is 0 Å². The molecule has 3 aromatic heterocycles. The summed E-state index contributed by atoms with van der Waals surface area (Å²) in [6, 6.07) is 8.45. The van der Waals surface area contributed by atoms with E-state index in [0.717, 1.165) is 68.4 Å². The van der Waals surface area contributed by atoms with Crippen LogP contribution in [0.4, 0.5) is 0 Å². The van der Waals surface area contributed by atoms with Crippen molar-refractivity contribution in [3.8, 4) is 0 Å². The molecule has 2 aliphatic heterocycles. The molecule has 0 unspecified atom stereocenters. The van der Waals surface area contributed by atoms with E-state index < -0.39 is 0 Å². The molecule has 0 N–H and O–H groups in total. The van der Waals surface area contributed by atoms with E-state index in [2.05, 4.69) is 123 Å². The second-order valence-corrected chi connectivity index (χ2v) is 11.0. The Kier molecular flexibility index (Phi) is 8.50. The minimum Gasteiger partial charge on any atom is -0.657 e. The standard InChI is InChI=1S/C25H19I3N4.Zn/c1-2-3-4-5-14-15-6-8-17(29-15)23(26)19-10-12-21(31-19)25(28)22-13-11-20(32-22)24(27)18-9-7-16(14)30-18;/h6-13H,2-5H2,1H3;/q-2;+2. The van der Waals surface area contributed by atoms with Crippen LogP contribution in [0.15, 0.2) is 24.3 Å². The molecule has 2 aliphatic rings. The van der Waals surface area contributed by atoms with Crippen molar-refractivity contribution in [3.63, 3.8) is 0 Å². The first kappa shape index (κ1) is 25.5. The molecule has 3 aromatic rings. The second-order valence-electron chi connectivity index (χ2n) is 7.74. The number of nitrogens with zero attached hydrogens (tertiary/aromatic N) is 4. The van der Waals surface area contributed by atoms with E-state index in [9.17, 15) is 0 Å². The van der Waals surface area contributed by atoms with Gasteiger partial charge in [-0.05, 0) is 105 Å². The topological polar surface area (TPSA) is 54.0 Å². The van der Waals surface area contributed by atoms with E-state index in [1.165, 1.54) is 18.4 Å². The van der Waals surface area contributed by atoms with Crippen molar-refractivity contribution in [2.45, 2.75) is 32.6 Å². The fourth-order valence-electron chi connectivity index (χ4n) is 3.85. The van der Waals surface area contributed by atoms with Crippen molar-refractivity contribution in [1.29, 1.82) is 0 Å². The number of hydrogen-bond acceptors (Lipinski definition) is 2. The van der Waals surface area contributed by atoms with E-state index in [1.807, 2.05) is 0 Å². The summed E-state index contributed by atoms with van der Waals surface area (Å²) in [5.41, 5.74) is 8.93. The first-order valence-corrected chi connectivity index (χ1v) is 13.8. The van der Waals surface area contributed by atoms with E-state index in [4.69, 9.17) is 19.9 Å². The summed E-state index contributed by atoms with van der Waals surface area (Å²) in [5, 5.41) is 0. The molecule has 4 nitrogen and oxygen atoms in total. The van der Waals surface area contributed by atoms with Crippen LogP contribution in [0.25, 0.3) is 46.4 Å². The molecule has 0 saturated carbocycles. The molecule has 33 heavy (non-hydrogen) atoms. The van der Waals surface area contributed by atoms with Gasteiger partial charge >= 0.3 is 19.5 Å². The van der Waals surface area contributed by atoms with Gasteiger partial charge in [0.05, 0.1) is 26.3 Å². The molecule has 162 valence electrons. The minimum atomic E-state index is 0. The van der Waals surface area contributed by atoms with Gasteiger partial charge in [-0.25, -0.2) is 9.97 Å². The molecular formula is C25H19I3N4Zn. The number of unbranched alkanes of at least 4 members (excludes halogenated alkanes) is 2. The zero-order chi connectivity index (χ0) is 22.2. The van der Waals surface area contributed by atoms with Crippen LogP contribution in [-0.4, -0.2) is 9.97 Å². The van der Waals surface area contributed by atoms with Crippen molar-refractivity contribution in [2.75, 3.05) is 0 Å². The van der Waals surface area contributed by atoms with Gasteiger partial charge in [-0.1, -0.05) is 49.6 Å². The molecule has 0 fully saturated rings. The predicted molar refractivity (Wildman–Crippen MR) is 158 cm³/mol. The Bertz CT molecular complexity index is 1330. The molecule has 5 heterocycles. The van der Waals surface area contributed by atoms with Crippen molar-refractivity contribution in [2.24, 2.45) is 0 Å². The van der Waals surface area contributed by atoms with Gasteiger partial charge in [0.25, 0.3) is 0 Å². The van der Waals surface area contributed by atoms with Gasteiger partial charge in [-0.15, -0.1) is 22.1 Å². The summed E-state index contributed by atoms with van der Waals surface area (Å²) in [7, 11) is 0. The van der Waals surface area contributed by atoms with E-state index in [1.54, 1.807) is 0 Å². The summed E-state index contributed by atoms with van der Waals surface area (Å²) in [6.07, 6.45) is 12.8. The first-order chi connectivity index (χ1) is 15.5. The van der Waals surface area contributed by atoms with Gasteiger partial charge in [0, 0.05) is 7.14 Å². The summed E-state index contributed by atoms with van der Waals surface area (Å²) in [5.74, 6) is 0. The fraction of sp³-hybridized carbons (Fsp3) is 0.200. The van der Waals surface area contributed by atoms with E-state index in [-0.39, 0.29) is 19.5 Å². The third-order valence-corrected chi connectivity index (χ3v) is 8.87. The molecule has 5 rings (SSSR count). The molecule has 0 radical (unpaired) electrons. The summed E-state index contributed by atoms with van der Waals surface area (Å²) in [6.45, 7) is 2.23. The van der Waals surface area contributed by atoms with Crippen LogP contribution in [0.5, 0.6) is 0 Å². The molecule has 0 spiro atoms. The van der Waals surface area contributed by atoms with Crippen LogP contribution in [0.3, 0.4) is 0 Å². The van der Waals surface area contributed by atoms with Gasteiger partial charge in [0.2, 0.25) is 0 Å². The molecule has 8 heteroatoms. The quantitative estimate of drug-likeness (QED) is 0.107. The zero-order valence-corrected chi connectivity index (χ0v) is 27.5. The normalized spacial score (nSPS) is 12.2.